The largest absolute Gasteiger partial charge is 0.496 e. The van der Waals surface area contributed by atoms with Gasteiger partial charge in [-0.2, -0.15) is 0 Å². The molecule has 0 heterocycles. The van der Waals surface area contributed by atoms with Gasteiger partial charge < -0.3 is 14.8 Å². The molecule has 0 spiro atoms. The van der Waals surface area contributed by atoms with E-state index in [9.17, 15) is 4.79 Å². The summed E-state index contributed by atoms with van der Waals surface area (Å²) in [6, 6.07) is 19.6. The molecule has 4 nitrogen and oxygen atoms in total. The number of benzene rings is 3. The molecule has 1 amide bonds. The Bertz CT molecular complexity index is 972. The van der Waals surface area contributed by atoms with Gasteiger partial charge in [-0.3, -0.25) is 4.79 Å². The molecule has 0 radical (unpaired) electrons. The van der Waals surface area contributed by atoms with E-state index in [-0.39, 0.29) is 18.6 Å². The van der Waals surface area contributed by atoms with Gasteiger partial charge in [0, 0.05) is 21.2 Å². The van der Waals surface area contributed by atoms with Gasteiger partial charge in [0.25, 0.3) is 5.91 Å². The second-order valence-electron chi connectivity index (χ2n) is 6.52. The molecule has 1 N–H and O–H groups in total. The lowest BCUT2D eigenvalue weighted by molar-refractivity contribution is 0.0939. The molecule has 0 unspecified atom stereocenters. The Labute approximate surface area is 180 Å². The van der Waals surface area contributed by atoms with E-state index in [0.717, 1.165) is 11.1 Å². The zero-order valence-corrected chi connectivity index (χ0v) is 17.6. The molecule has 0 bridgehead atoms. The topological polar surface area (TPSA) is 47.6 Å². The second-order valence-corrected chi connectivity index (χ2v) is 7.39. The summed E-state index contributed by atoms with van der Waals surface area (Å²) >= 11 is 11.8. The fourth-order valence-corrected chi connectivity index (χ4v) is 3.09. The first-order chi connectivity index (χ1) is 14.0. The number of halogens is 2. The standard InChI is InChI=1S/C23H21Cl2NO3/c1-15(16-3-6-19(24)7-4-16)26-23(27)17-5-12-22(28-2)18(13-17)14-29-21-10-8-20(25)9-11-21/h3-13,15H,14H2,1-2H3,(H,26,27)/t15-/m1/s1. The van der Waals surface area contributed by atoms with Crippen LogP contribution in [-0.4, -0.2) is 13.0 Å². The van der Waals surface area contributed by atoms with Crippen molar-refractivity contribution >= 4 is 29.1 Å². The predicted molar refractivity (Wildman–Crippen MR) is 116 cm³/mol. The van der Waals surface area contributed by atoms with E-state index >= 15 is 0 Å². The minimum atomic E-state index is -0.178. The van der Waals surface area contributed by atoms with Gasteiger partial charge in [0.05, 0.1) is 13.2 Å². The normalized spacial score (nSPS) is 11.6. The van der Waals surface area contributed by atoms with E-state index in [0.29, 0.717) is 27.1 Å². The second kappa shape index (κ2) is 9.68. The maximum Gasteiger partial charge on any atom is 0.251 e. The van der Waals surface area contributed by atoms with Crippen molar-refractivity contribution < 1.29 is 14.3 Å². The lowest BCUT2D eigenvalue weighted by Crippen LogP contribution is -2.26. The minimum absolute atomic E-state index is 0.157. The number of ether oxygens (including phenoxy) is 2. The van der Waals surface area contributed by atoms with E-state index in [2.05, 4.69) is 5.32 Å². The van der Waals surface area contributed by atoms with Crippen LogP contribution in [0.3, 0.4) is 0 Å². The van der Waals surface area contributed by atoms with Gasteiger partial charge in [0.1, 0.15) is 18.1 Å². The van der Waals surface area contributed by atoms with Crippen LogP contribution in [0, 0.1) is 0 Å². The van der Waals surface area contributed by atoms with Gasteiger partial charge in [0.15, 0.2) is 0 Å². The van der Waals surface area contributed by atoms with Crippen molar-refractivity contribution in [3.05, 3.63) is 93.5 Å². The first-order valence-electron chi connectivity index (χ1n) is 9.08. The third-order valence-electron chi connectivity index (χ3n) is 4.47. The van der Waals surface area contributed by atoms with Crippen LogP contribution < -0.4 is 14.8 Å². The molecule has 1 atom stereocenters. The first-order valence-corrected chi connectivity index (χ1v) is 9.83. The molecule has 29 heavy (non-hydrogen) atoms. The monoisotopic (exact) mass is 429 g/mol. The van der Waals surface area contributed by atoms with Gasteiger partial charge in [0.2, 0.25) is 0 Å². The van der Waals surface area contributed by atoms with Gasteiger partial charge in [-0.1, -0.05) is 35.3 Å². The Balaban J connectivity index is 1.71. The summed E-state index contributed by atoms with van der Waals surface area (Å²) in [4.78, 5) is 12.7. The summed E-state index contributed by atoms with van der Waals surface area (Å²) in [5.74, 6) is 1.16. The molecule has 0 aliphatic heterocycles. The highest BCUT2D eigenvalue weighted by Crippen LogP contribution is 2.24. The Morgan fingerprint density at radius 3 is 2.21 bits per heavy atom. The Morgan fingerprint density at radius 2 is 1.59 bits per heavy atom. The molecular formula is C23H21Cl2NO3. The first kappa shape index (κ1) is 21.0. The van der Waals surface area contributed by atoms with Crippen LogP contribution in [0.15, 0.2) is 66.7 Å². The fraction of sp³-hybridized carbons (Fsp3) is 0.174. The lowest BCUT2D eigenvalue weighted by atomic mass is 10.1. The number of rotatable bonds is 7. The number of hydrogen-bond donors (Lipinski definition) is 1. The summed E-state index contributed by atoms with van der Waals surface area (Å²) < 4.78 is 11.2. The highest BCUT2D eigenvalue weighted by molar-refractivity contribution is 6.30. The van der Waals surface area contributed by atoms with Crippen molar-refractivity contribution in [3.8, 4) is 11.5 Å². The zero-order valence-electron chi connectivity index (χ0n) is 16.1. The molecule has 0 aliphatic rings. The maximum atomic E-state index is 12.7. The van der Waals surface area contributed by atoms with Crippen LogP contribution in [0.5, 0.6) is 11.5 Å². The average molecular weight is 430 g/mol. The highest BCUT2D eigenvalue weighted by Gasteiger charge is 2.14. The van der Waals surface area contributed by atoms with E-state index in [1.807, 2.05) is 19.1 Å². The predicted octanol–water partition coefficient (Wildman–Crippen LogP) is 6.07. The van der Waals surface area contributed by atoms with Crippen LogP contribution >= 0.6 is 23.2 Å². The van der Waals surface area contributed by atoms with Crippen molar-refractivity contribution in [2.45, 2.75) is 19.6 Å². The Morgan fingerprint density at radius 1 is 0.966 bits per heavy atom. The molecule has 150 valence electrons. The molecule has 0 saturated carbocycles. The molecule has 0 aromatic heterocycles. The van der Waals surface area contributed by atoms with Crippen LogP contribution in [0.1, 0.15) is 34.5 Å². The number of methoxy groups -OCH3 is 1. The SMILES string of the molecule is COc1ccc(C(=O)N[C@H](C)c2ccc(Cl)cc2)cc1COc1ccc(Cl)cc1. The quantitative estimate of drug-likeness (QED) is 0.495. The van der Waals surface area contributed by atoms with Crippen LogP contribution in [0.4, 0.5) is 0 Å². The van der Waals surface area contributed by atoms with Crippen molar-refractivity contribution in [2.75, 3.05) is 7.11 Å². The molecule has 6 heteroatoms. The van der Waals surface area contributed by atoms with Crippen molar-refractivity contribution in [2.24, 2.45) is 0 Å². The van der Waals surface area contributed by atoms with Crippen LogP contribution in [0.25, 0.3) is 0 Å². The van der Waals surface area contributed by atoms with Crippen LogP contribution in [-0.2, 0) is 6.61 Å². The zero-order chi connectivity index (χ0) is 20.8. The maximum absolute atomic E-state index is 12.7. The molecule has 3 aromatic carbocycles. The Kier molecular flexibility index (Phi) is 7.02. The summed E-state index contributed by atoms with van der Waals surface area (Å²) in [5, 5.41) is 4.30. The Hall–Kier alpha value is -2.69. The number of carbonyl (C=O) groups excluding carboxylic acids is 1. The van der Waals surface area contributed by atoms with Crippen molar-refractivity contribution in [3.63, 3.8) is 0 Å². The third-order valence-corrected chi connectivity index (χ3v) is 4.97. The van der Waals surface area contributed by atoms with Gasteiger partial charge in [-0.05, 0) is 67.1 Å². The fourth-order valence-electron chi connectivity index (χ4n) is 2.84. The number of nitrogens with one attached hydrogen (secondary N) is 1. The highest BCUT2D eigenvalue weighted by atomic mass is 35.5. The number of hydrogen-bond acceptors (Lipinski definition) is 3. The minimum Gasteiger partial charge on any atom is -0.496 e. The van der Waals surface area contributed by atoms with E-state index in [1.165, 1.54) is 0 Å². The van der Waals surface area contributed by atoms with Crippen molar-refractivity contribution in [1.29, 1.82) is 0 Å². The van der Waals surface area contributed by atoms with Gasteiger partial charge >= 0.3 is 0 Å². The smallest absolute Gasteiger partial charge is 0.251 e. The molecule has 0 saturated heterocycles. The van der Waals surface area contributed by atoms with E-state index in [1.54, 1.807) is 61.7 Å². The van der Waals surface area contributed by atoms with Gasteiger partial charge in [-0.15, -0.1) is 0 Å². The summed E-state index contributed by atoms with van der Waals surface area (Å²) in [6.07, 6.45) is 0. The summed E-state index contributed by atoms with van der Waals surface area (Å²) in [5.41, 5.74) is 2.28. The molecule has 3 rings (SSSR count). The van der Waals surface area contributed by atoms with Crippen molar-refractivity contribution in [1.82, 2.24) is 5.32 Å². The van der Waals surface area contributed by atoms with E-state index in [4.69, 9.17) is 32.7 Å². The summed E-state index contributed by atoms with van der Waals surface area (Å²) in [6.45, 7) is 2.19. The number of amides is 1. The third kappa shape index (κ3) is 5.66. The molecule has 3 aromatic rings. The van der Waals surface area contributed by atoms with E-state index < -0.39 is 0 Å². The molecule has 0 fully saturated rings. The number of carbonyl (C=O) groups is 1. The van der Waals surface area contributed by atoms with Gasteiger partial charge in [-0.25, -0.2) is 0 Å². The van der Waals surface area contributed by atoms with Crippen LogP contribution in [0.2, 0.25) is 10.0 Å². The lowest BCUT2D eigenvalue weighted by Gasteiger charge is -2.16. The average Bonchev–Trinajstić information content (AvgIpc) is 2.73. The summed E-state index contributed by atoms with van der Waals surface area (Å²) in [7, 11) is 1.59. The molecule has 0 aliphatic carbocycles. The molecular weight excluding hydrogens is 409 g/mol.